The molecule has 2 aromatic heterocycles. The van der Waals surface area contributed by atoms with Crippen molar-refractivity contribution in [2.45, 2.75) is 52.1 Å². The zero-order chi connectivity index (χ0) is 24.1. The van der Waals surface area contributed by atoms with E-state index in [9.17, 15) is 0 Å². The molecule has 5 nitrogen and oxygen atoms in total. The maximum absolute atomic E-state index is 5.87. The predicted octanol–water partition coefficient (Wildman–Crippen LogP) is 7.52. The van der Waals surface area contributed by atoms with E-state index < -0.39 is 0 Å². The summed E-state index contributed by atoms with van der Waals surface area (Å²) in [6.45, 7) is 3.47. The Morgan fingerprint density at radius 1 is 0.600 bits per heavy atom. The Bertz CT molecular complexity index is 1130. The minimum atomic E-state index is 0.553. The van der Waals surface area contributed by atoms with Gasteiger partial charge in [0.1, 0.15) is 12.4 Å². The van der Waals surface area contributed by atoms with Gasteiger partial charge in [0.25, 0.3) is 0 Å². The molecule has 2 aromatic carbocycles. The van der Waals surface area contributed by atoms with Gasteiger partial charge in [-0.2, -0.15) is 0 Å². The zero-order valence-electron chi connectivity index (χ0n) is 20.4. The Labute approximate surface area is 208 Å². The second-order valence-corrected chi connectivity index (χ2v) is 8.59. The topological polar surface area (TPSA) is 57.1 Å². The Morgan fingerprint density at radius 3 is 2.06 bits per heavy atom. The number of ether oxygens (including phenoxy) is 2. The highest BCUT2D eigenvalue weighted by atomic mass is 16.5. The quantitative estimate of drug-likeness (QED) is 0.190. The van der Waals surface area contributed by atoms with E-state index in [2.05, 4.69) is 34.0 Å². The summed E-state index contributed by atoms with van der Waals surface area (Å²) in [6.07, 6.45) is 12.7. The van der Waals surface area contributed by atoms with Gasteiger partial charge in [0, 0.05) is 17.3 Å². The molecule has 180 valence electrons. The Hall–Kier alpha value is -3.73. The van der Waals surface area contributed by atoms with Crippen molar-refractivity contribution in [3.8, 4) is 34.1 Å². The molecule has 0 saturated carbocycles. The molecule has 0 bridgehead atoms. The predicted molar refractivity (Wildman–Crippen MR) is 140 cm³/mol. The smallest absolute Gasteiger partial charge is 0.232 e. The van der Waals surface area contributed by atoms with Crippen LogP contribution in [-0.2, 0) is 6.61 Å². The molecule has 0 aliphatic carbocycles. The standard InChI is InChI=1S/C30H33N3O2/c1-2-3-4-5-6-10-19-34-30-22-32-29(21-33-30)26-15-18-28(31-20-26)25-13-16-27(17-14-25)35-23-24-11-8-7-9-12-24/h7-9,11-18,20-22H,2-6,10,19,23H2,1H3. The number of nitrogens with zero attached hydrogens (tertiary/aromatic N) is 3. The third-order valence-electron chi connectivity index (χ3n) is 5.83. The van der Waals surface area contributed by atoms with Crippen LogP contribution in [0.2, 0.25) is 0 Å². The van der Waals surface area contributed by atoms with Gasteiger partial charge >= 0.3 is 0 Å². The van der Waals surface area contributed by atoms with E-state index in [0.29, 0.717) is 19.1 Å². The summed E-state index contributed by atoms with van der Waals surface area (Å²) in [7, 11) is 0. The van der Waals surface area contributed by atoms with Crippen LogP contribution >= 0.6 is 0 Å². The van der Waals surface area contributed by atoms with E-state index >= 15 is 0 Å². The Balaban J connectivity index is 1.26. The summed E-state index contributed by atoms with van der Waals surface area (Å²) in [5, 5.41) is 0. The van der Waals surface area contributed by atoms with Gasteiger partial charge in [-0.1, -0.05) is 69.4 Å². The molecule has 0 fully saturated rings. The van der Waals surface area contributed by atoms with Crippen LogP contribution in [0, 0.1) is 0 Å². The molecule has 0 atom stereocenters. The molecule has 35 heavy (non-hydrogen) atoms. The van der Waals surface area contributed by atoms with Crippen LogP contribution in [0.15, 0.2) is 85.3 Å². The van der Waals surface area contributed by atoms with Crippen LogP contribution in [0.5, 0.6) is 11.6 Å². The van der Waals surface area contributed by atoms with Gasteiger partial charge in [0.15, 0.2) is 0 Å². The molecule has 0 saturated heterocycles. The molecule has 4 rings (SSSR count). The average Bonchev–Trinajstić information content (AvgIpc) is 2.93. The molecular weight excluding hydrogens is 434 g/mol. The van der Waals surface area contributed by atoms with Gasteiger partial charge in [-0.15, -0.1) is 0 Å². The number of hydrogen-bond acceptors (Lipinski definition) is 5. The fourth-order valence-corrected chi connectivity index (χ4v) is 3.78. The number of pyridine rings is 1. The molecule has 0 spiro atoms. The summed E-state index contributed by atoms with van der Waals surface area (Å²) in [4.78, 5) is 13.5. The second kappa shape index (κ2) is 13.2. The molecule has 5 heteroatoms. The lowest BCUT2D eigenvalue weighted by Gasteiger charge is -2.08. The highest BCUT2D eigenvalue weighted by Gasteiger charge is 2.05. The van der Waals surface area contributed by atoms with E-state index in [1.54, 1.807) is 12.4 Å². The van der Waals surface area contributed by atoms with E-state index in [0.717, 1.165) is 40.2 Å². The summed E-state index contributed by atoms with van der Waals surface area (Å²) >= 11 is 0. The van der Waals surface area contributed by atoms with Crippen molar-refractivity contribution < 1.29 is 9.47 Å². The third-order valence-corrected chi connectivity index (χ3v) is 5.83. The lowest BCUT2D eigenvalue weighted by atomic mass is 10.1. The molecule has 0 N–H and O–H groups in total. The Kier molecular flexibility index (Phi) is 9.22. The molecule has 0 amide bonds. The van der Waals surface area contributed by atoms with Crippen LogP contribution < -0.4 is 9.47 Å². The SMILES string of the molecule is CCCCCCCCOc1cnc(-c2ccc(-c3ccc(OCc4ccccc4)cc3)nc2)cn1. The summed E-state index contributed by atoms with van der Waals surface area (Å²) in [5.41, 5.74) is 4.78. The van der Waals surface area contributed by atoms with Crippen molar-refractivity contribution in [2.24, 2.45) is 0 Å². The van der Waals surface area contributed by atoms with Gasteiger partial charge in [0.05, 0.1) is 30.4 Å². The van der Waals surface area contributed by atoms with E-state index in [4.69, 9.17) is 9.47 Å². The molecule has 0 radical (unpaired) electrons. The maximum Gasteiger partial charge on any atom is 0.232 e. The summed E-state index contributed by atoms with van der Waals surface area (Å²) in [6, 6.07) is 22.2. The molecule has 0 aliphatic heterocycles. The van der Waals surface area contributed by atoms with Crippen molar-refractivity contribution in [1.29, 1.82) is 0 Å². The largest absolute Gasteiger partial charge is 0.489 e. The van der Waals surface area contributed by atoms with E-state index in [1.807, 2.05) is 60.8 Å². The zero-order valence-corrected chi connectivity index (χ0v) is 20.4. The van der Waals surface area contributed by atoms with E-state index in [-0.39, 0.29) is 0 Å². The van der Waals surface area contributed by atoms with Crippen LogP contribution in [0.4, 0.5) is 0 Å². The molecule has 0 aliphatic rings. The molecule has 0 unspecified atom stereocenters. The summed E-state index contributed by atoms with van der Waals surface area (Å²) < 4.78 is 11.6. The average molecular weight is 468 g/mol. The number of unbranched alkanes of at least 4 members (excludes halogenated alkanes) is 5. The number of aromatic nitrogens is 3. The fraction of sp³-hybridized carbons (Fsp3) is 0.300. The van der Waals surface area contributed by atoms with Gasteiger partial charge in [-0.3, -0.25) is 4.98 Å². The van der Waals surface area contributed by atoms with Gasteiger partial charge < -0.3 is 9.47 Å². The highest BCUT2D eigenvalue weighted by Crippen LogP contribution is 2.24. The van der Waals surface area contributed by atoms with Crippen LogP contribution in [0.1, 0.15) is 51.0 Å². The molecular formula is C30H33N3O2. The number of hydrogen-bond donors (Lipinski definition) is 0. The highest BCUT2D eigenvalue weighted by molar-refractivity contribution is 5.64. The lowest BCUT2D eigenvalue weighted by molar-refractivity contribution is 0.292. The minimum absolute atomic E-state index is 0.553. The normalized spacial score (nSPS) is 10.8. The number of benzene rings is 2. The Morgan fingerprint density at radius 2 is 1.34 bits per heavy atom. The fourth-order valence-electron chi connectivity index (χ4n) is 3.78. The van der Waals surface area contributed by atoms with E-state index in [1.165, 1.54) is 32.1 Å². The van der Waals surface area contributed by atoms with Crippen molar-refractivity contribution in [1.82, 2.24) is 15.0 Å². The first kappa shape index (κ1) is 24.4. The van der Waals surface area contributed by atoms with Gasteiger partial charge in [-0.25, -0.2) is 9.97 Å². The van der Waals surface area contributed by atoms with Crippen LogP contribution in [0.3, 0.4) is 0 Å². The first-order valence-corrected chi connectivity index (χ1v) is 12.5. The van der Waals surface area contributed by atoms with Crippen LogP contribution in [0.25, 0.3) is 22.5 Å². The monoisotopic (exact) mass is 467 g/mol. The van der Waals surface area contributed by atoms with Crippen molar-refractivity contribution in [3.05, 3.63) is 90.9 Å². The second-order valence-electron chi connectivity index (χ2n) is 8.59. The molecule has 2 heterocycles. The first-order chi connectivity index (χ1) is 17.3. The third kappa shape index (κ3) is 7.64. The maximum atomic E-state index is 5.87. The minimum Gasteiger partial charge on any atom is -0.489 e. The van der Waals surface area contributed by atoms with Crippen molar-refractivity contribution >= 4 is 0 Å². The summed E-state index contributed by atoms with van der Waals surface area (Å²) in [5.74, 6) is 1.41. The lowest BCUT2D eigenvalue weighted by Crippen LogP contribution is -2.00. The van der Waals surface area contributed by atoms with Crippen LogP contribution in [-0.4, -0.2) is 21.6 Å². The molecule has 4 aromatic rings. The number of rotatable bonds is 13. The van der Waals surface area contributed by atoms with Crippen molar-refractivity contribution in [2.75, 3.05) is 6.61 Å². The van der Waals surface area contributed by atoms with Crippen molar-refractivity contribution in [3.63, 3.8) is 0 Å². The first-order valence-electron chi connectivity index (χ1n) is 12.5. The van der Waals surface area contributed by atoms with Gasteiger partial charge in [-0.05, 0) is 48.4 Å². The van der Waals surface area contributed by atoms with Gasteiger partial charge in [0.2, 0.25) is 5.88 Å².